The Morgan fingerprint density at radius 1 is 0.260 bits per heavy atom. The van der Waals surface area contributed by atoms with Crippen LogP contribution in [0.15, 0.2) is 170 Å². The molecule has 9 rings (SSSR count). The molecule has 0 bridgehead atoms. The molecule has 9 aromatic rings. The lowest BCUT2D eigenvalue weighted by molar-refractivity contribution is 1.07. The second-order valence-corrected chi connectivity index (χ2v) is 12.0. The van der Waals surface area contributed by atoms with Gasteiger partial charge in [0.2, 0.25) is 0 Å². The Kier molecular flexibility index (Phi) is 7.37. The van der Waals surface area contributed by atoms with E-state index in [1.807, 2.05) is 60.7 Å². The van der Waals surface area contributed by atoms with Gasteiger partial charge in [-0.05, 0) is 55.9 Å². The minimum absolute atomic E-state index is 0.625. The molecular weight excluding hydrogens is 613 g/mol. The first-order valence-electron chi connectivity index (χ1n) is 16.4. The minimum atomic E-state index is 0.625. The standard InChI is InChI=1S/C44H28N6/c1-5-13-29(14-6-1)39-35-23-21-34(44-48-28-46-42(50-44)32-19-11-4-12-20-32)26-38(35)40(30-15-7-2-8-16-30)36-24-22-33(25-37(36)39)43-47-27-45-41(49-43)31-17-9-3-10-18-31/h1-28H. The first-order chi connectivity index (χ1) is 24.8. The SMILES string of the molecule is c1ccc(-c2ncnc(-c3ccc4c(-c5ccccc5)c5cc(-c6ncnc(-c7ccccc7)n6)ccc5c(-c5ccccc5)c4c3)n2)cc1. The topological polar surface area (TPSA) is 77.3 Å². The summed E-state index contributed by atoms with van der Waals surface area (Å²) in [4.78, 5) is 28.0. The molecule has 50 heavy (non-hydrogen) atoms. The maximum absolute atomic E-state index is 4.90. The highest BCUT2D eigenvalue weighted by Crippen LogP contribution is 2.45. The number of fused-ring (bicyclic) bond motifs is 2. The van der Waals surface area contributed by atoms with Gasteiger partial charge in [-0.15, -0.1) is 0 Å². The molecule has 7 aromatic carbocycles. The highest BCUT2D eigenvalue weighted by atomic mass is 15.0. The third kappa shape index (κ3) is 5.35. The fourth-order valence-corrected chi connectivity index (χ4v) is 6.66. The summed E-state index contributed by atoms with van der Waals surface area (Å²) in [7, 11) is 0. The summed E-state index contributed by atoms with van der Waals surface area (Å²) in [6, 6.07) is 54.2. The first kappa shape index (κ1) is 29.2. The zero-order valence-electron chi connectivity index (χ0n) is 26.8. The molecule has 0 aliphatic rings. The lowest BCUT2D eigenvalue weighted by atomic mass is 9.84. The van der Waals surface area contributed by atoms with E-state index in [1.54, 1.807) is 12.7 Å². The molecule has 0 N–H and O–H groups in total. The average Bonchev–Trinajstić information content (AvgIpc) is 3.21. The second kappa shape index (κ2) is 12.6. The largest absolute Gasteiger partial charge is 0.217 e. The van der Waals surface area contributed by atoms with Crippen LogP contribution in [0.2, 0.25) is 0 Å². The van der Waals surface area contributed by atoms with Gasteiger partial charge in [-0.1, -0.05) is 146 Å². The fourth-order valence-electron chi connectivity index (χ4n) is 6.66. The van der Waals surface area contributed by atoms with Crippen LogP contribution in [-0.2, 0) is 0 Å². The van der Waals surface area contributed by atoms with Crippen LogP contribution in [0.4, 0.5) is 0 Å². The van der Waals surface area contributed by atoms with Crippen LogP contribution in [0, 0.1) is 0 Å². The van der Waals surface area contributed by atoms with E-state index in [-0.39, 0.29) is 0 Å². The van der Waals surface area contributed by atoms with Gasteiger partial charge in [-0.25, -0.2) is 29.9 Å². The number of benzene rings is 7. The molecule has 0 saturated heterocycles. The molecule has 0 aliphatic carbocycles. The third-order valence-electron chi connectivity index (χ3n) is 8.97. The number of nitrogens with zero attached hydrogens (tertiary/aromatic N) is 6. The van der Waals surface area contributed by atoms with Gasteiger partial charge in [-0.2, -0.15) is 0 Å². The molecule has 0 amide bonds. The van der Waals surface area contributed by atoms with Gasteiger partial charge in [-0.3, -0.25) is 0 Å². The van der Waals surface area contributed by atoms with Gasteiger partial charge in [0, 0.05) is 22.3 Å². The van der Waals surface area contributed by atoms with E-state index in [1.165, 1.54) is 0 Å². The van der Waals surface area contributed by atoms with E-state index in [4.69, 9.17) is 9.97 Å². The van der Waals surface area contributed by atoms with Crippen molar-refractivity contribution in [2.24, 2.45) is 0 Å². The van der Waals surface area contributed by atoms with E-state index >= 15 is 0 Å². The quantitative estimate of drug-likeness (QED) is 0.168. The van der Waals surface area contributed by atoms with Crippen LogP contribution in [0.25, 0.3) is 89.4 Å². The van der Waals surface area contributed by atoms with E-state index in [0.717, 1.165) is 66.1 Å². The van der Waals surface area contributed by atoms with Crippen LogP contribution in [0.1, 0.15) is 0 Å². The van der Waals surface area contributed by atoms with E-state index < -0.39 is 0 Å². The number of hydrogen-bond acceptors (Lipinski definition) is 6. The molecule has 2 aromatic heterocycles. The van der Waals surface area contributed by atoms with Crippen molar-refractivity contribution in [3.63, 3.8) is 0 Å². The molecule has 6 heteroatoms. The van der Waals surface area contributed by atoms with Crippen LogP contribution in [-0.4, -0.2) is 29.9 Å². The molecule has 0 saturated carbocycles. The van der Waals surface area contributed by atoms with Gasteiger partial charge in [0.15, 0.2) is 23.3 Å². The Morgan fingerprint density at radius 3 is 0.940 bits per heavy atom. The van der Waals surface area contributed by atoms with Crippen LogP contribution >= 0.6 is 0 Å². The van der Waals surface area contributed by atoms with Gasteiger partial charge >= 0.3 is 0 Å². The molecular formula is C44H28N6. The molecule has 2 heterocycles. The molecule has 0 fully saturated rings. The predicted octanol–water partition coefficient (Wildman–Crippen LogP) is 10.4. The molecule has 0 spiro atoms. The van der Waals surface area contributed by atoms with Crippen molar-refractivity contribution in [1.29, 1.82) is 0 Å². The van der Waals surface area contributed by atoms with E-state index in [0.29, 0.717) is 23.3 Å². The monoisotopic (exact) mass is 640 g/mol. The summed E-state index contributed by atoms with van der Waals surface area (Å²) in [5, 5.41) is 4.48. The maximum atomic E-state index is 4.90. The molecule has 234 valence electrons. The van der Waals surface area contributed by atoms with Gasteiger partial charge in [0.1, 0.15) is 12.7 Å². The van der Waals surface area contributed by atoms with Crippen molar-refractivity contribution in [2.75, 3.05) is 0 Å². The van der Waals surface area contributed by atoms with Gasteiger partial charge < -0.3 is 0 Å². The van der Waals surface area contributed by atoms with Crippen LogP contribution in [0.5, 0.6) is 0 Å². The Hall–Kier alpha value is -6.92. The Balaban J connectivity index is 1.31. The third-order valence-corrected chi connectivity index (χ3v) is 8.97. The second-order valence-electron chi connectivity index (χ2n) is 12.0. The highest BCUT2D eigenvalue weighted by molar-refractivity contribution is 6.22. The van der Waals surface area contributed by atoms with Crippen molar-refractivity contribution in [1.82, 2.24) is 29.9 Å². The summed E-state index contributed by atoms with van der Waals surface area (Å²) in [5.41, 5.74) is 8.26. The molecule has 0 unspecified atom stereocenters. The summed E-state index contributed by atoms with van der Waals surface area (Å²) in [6.45, 7) is 0. The summed E-state index contributed by atoms with van der Waals surface area (Å²) < 4.78 is 0. The van der Waals surface area contributed by atoms with Gasteiger partial charge in [0.05, 0.1) is 0 Å². The zero-order chi connectivity index (χ0) is 33.3. The maximum Gasteiger partial charge on any atom is 0.163 e. The highest BCUT2D eigenvalue weighted by Gasteiger charge is 2.19. The predicted molar refractivity (Wildman–Crippen MR) is 201 cm³/mol. The molecule has 6 nitrogen and oxygen atoms in total. The van der Waals surface area contributed by atoms with Crippen molar-refractivity contribution in [3.05, 3.63) is 170 Å². The van der Waals surface area contributed by atoms with Crippen molar-refractivity contribution in [3.8, 4) is 67.8 Å². The molecule has 0 aliphatic heterocycles. The van der Waals surface area contributed by atoms with Crippen LogP contribution < -0.4 is 0 Å². The summed E-state index contributed by atoms with van der Waals surface area (Å²) >= 11 is 0. The molecule has 0 atom stereocenters. The Bertz CT molecular complexity index is 2440. The molecule has 0 radical (unpaired) electrons. The first-order valence-corrected chi connectivity index (χ1v) is 16.4. The Morgan fingerprint density at radius 2 is 0.580 bits per heavy atom. The van der Waals surface area contributed by atoms with Crippen molar-refractivity contribution in [2.45, 2.75) is 0 Å². The lowest BCUT2D eigenvalue weighted by Gasteiger charge is -2.19. The number of rotatable bonds is 6. The zero-order valence-corrected chi connectivity index (χ0v) is 26.8. The van der Waals surface area contributed by atoms with Crippen LogP contribution in [0.3, 0.4) is 0 Å². The minimum Gasteiger partial charge on any atom is -0.217 e. The number of hydrogen-bond donors (Lipinski definition) is 0. The van der Waals surface area contributed by atoms with E-state index in [9.17, 15) is 0 Å². The number of aromatic nitrogens is 6. The van der Waals surface area contributed by atoms with Gasteiger partial charge in [0.25, 0.3) is 0 Å². The van der Waals surface area contributed by atoms with Crippen molar-refractivity contribution >= 4 is 21.5 Å². The summed E-state index contributed by atoms with van der Waals surface area (Å²) in [5.74, 6) is 2.54. The normalized spacial score (nSPS) is 11.2. The average molecular weight is 641 g/mol. The Labute approximate surface area is 288 Å². The lowest BCUT2D eigenvalue weighted by Crippen LogP contribution is -1.97. The van der Waals surface area contributed by atoms with Crippen molar-refractivity contribution < 1.29 is 0 Å². The fraction of sp³-hybridized carbons (Fsp3) is 0. The van der Waals surface area contributed by atoms with E-state index in [2.05, 4.69) is 117 Å². The smallest absolute Gasteiger partial charge is 0.163 e. The summed E-state index contributed by atoms with van der Waals surface area (Å²) in [6.07, 6.45) is 3.18.